The summed E-state index contributed by atoms with van der Waals surface area (Å²) < 4.78 is 34.2. The Hall–Kier alpha value is -4.31. The van der Waals surface area contributed by atoms with Crippen molar-refractivity contribution in [3.05, 3.63) is 75.4 Å². The SMILES string of the molecule is NCCCCCNC(=O)c1ccc(-c2c3cc(F)c(=O)cc-3oc3cc(O)c(F)cc23)c(C(=O)O)c1. The van der Waals surface area contributed by atoms with Crippen molar-refractivity contribution in [2.75, 3.05) is 13.1 Å². The summed E-state index contributed by atoms with van der Waals surface area (Å²) in [5.41, 5.74) is 4.33. The summed E-state index contributed by atoms with van der Waals surface area (Å²) in [6.07, 6.45) is 2.37. The van der Waals surface area contributed by atoms with Crippen molar-refractivity contribution in [1.29, 1.82) is 0 Å². The Morgan fingerprint density at radius 2 is 1.75 bits per heavy atom. The van der Waals surface area contributed by atoms with E-state index >= 15 is 0 Å². The van der Waals surface area contributed by atoms with Gasteiger partial charge in [0, 0.05) is 40.8 Å². The number of phenols is 1. The van der Waals surface area contributed by atoms with Crippen LogP contribution in [0.25, 0.3) is 33.4 Å². The van der Waals surface area contributed by atoms with Gasteiger partial charge in [-0.3, -0.25) is 9.59 Å². The highest BCUT2D eigenvalue weighted by Gasteiger charge is 2.25. The number of phenolic OH excluding ortho intramolecular Hbond substituents is 1. The molecule has 8 nitrogen and oxygen atoms in total. The van der Waals surface area contributed by atoms with E-state index in [0.717, 1.165) is 37.1 Å². The average Bonchev–Trinajstić information content (AvgIpc) is 2.84. The van der Waals surface area contributed by atoms with Gasteiger partial charge in [0.1, 0.15) is 11.3 Å². The summed E-state index contributed by atoms with van der Waals surface area (Å²) in [7, 11) is 0. The van der Waals surface area contributed by atoms with E-state index in [2.05, 4.69) is 5.32 Å². The number of carbonyl (C=O) groups excluding carboxylic acids is 1. The first-order valence-corrected chi connectivity index (χ1v) is 11.2. The standard InChI is InChI=1S/C26H22F2N2O6/c27-18-9-16-22(11-20(18)31)36-23-12-21(32)19(28)10-17(23)24(16)14-5-4-13(8-15(14)26(34)35)25(33)30-7-3-1-2-6-29/h4-5,8-12,31H,1-3,6-7,29H2,(H,30,33)(H,34,35). The lowest BCUT2D eigenvalue weighted by Gasteiger charge is -2.17. The Morgan fingerprint density at radius 3 is 2.47 bits per heavy atom. The van der Waals surface area contributed by atoms with Crippen LogP contribution < -0.4 is 16.5 Å². The second-order valence-corrected chi connectivity index (χ2v) is 8.23. The molecule has 10 heteroatoms. The molecule has 1 amide bonds. The van der Waals surface area contributed by atoms with Gasteiger partial charge in [-0.1, -0.05) is 12.5 Å². The van der Waals surface area contributed by atoms with Crippen molar-refractivity contribution in [2.24, 2.45) is 5.73 Å². The number of unbranched alkanes of at least 4 members (excludes halogenated alkanes) is 2. The van der Waals surface area contributed by atoms with Crippen LogP contribution in [0.3, 0.4) is 0 Å². The van der Waals surface area contributed by atoms with E-state index in [9.17, 15) is 33.4 Å². The molecule has 186 valence electrons. The van der Waals surface area contributed by atoms with Gasteiger partial charge in [0.25, 0.3) is 5.91 Å². The number of hydrogen-bond acceptors (Lipinski definition) is 6. The number of amides is 1. The Bertz CT molecular complexity index is 1510. The van der Waals surface area contributed by atoms with E-state index < -0.39 is 34.7 Å². The monoisotopic (exact) mass is 496 g/mol. The summed E-state index contributed by atoms with van der Waals surface area (Å²) in [5, 5.41) is 22.5. The van der Waals surface area contributed by atoms with Crippen LogP contribution in [0.2, 0.25) is 0 Å². The minimum absolute atomic E-state index is 0.0179. The second kappa shape index (κ2) is 10.1. The number of nitrogens with one attached hydrogen (secondary N) is 1. The van der Waals surface area contributed by atoms with Gasteiger partial charge < -0.3 is 25.7 Å². The number of carbonyl (C=O) groups is 2. The van der Waals surface area contributed by atoms with Crippen molar-refractivity contribution in [3.63, 3.8) is 0 Å². The highest BCUT2D eigenvalue weighted by atomic mass is 19.1. The van der Waals surface area contributed by atoms with Gasteiger partial charge in [0.2, 0.25) is 5.43 Å². The first-order chi connectivity index (χ1) is 17.2. The number of fused-ring (bicyclic) bond motifs is 2. The molecule has 0 bridgehead atoms. The van der Waals surface area contributed by atoms with Crippen LogP contribution in [-0.4, -0.2) is 35.2 Å². The number of nitrogens with two attached hydrogens (primary N) is 1. The summed E-state index contributed by atoms with van der Waals surface area (Å²) in [5.74, 6) is -4.80. The van der Waals surface area contributed by atoms with Crippen LogP contribution in [-0.2, 0) is 0 Å². The Kier molecular flexibility index (Phi) is 6.98. The fourth-order valence-corrected chi connectivity index (χ4v) is 4.02. The van der Waals surface area contributed by atoms with E-state index in [-0.39, 0.29) is 44.5 Å². The smallest absolute Gasteiger partial charge is 0.336 e. The van der Waals surface area contributed by atoms with Crippen molar-refractivity contribution >= 4 is 22.8 Å². The average molecular weight is 496 g/mol. The summed E-state index contributed by atoms with van der Waals surface area (Å²) in [6, 6.07) is 7.61. The highest BCUT2D eigenvalue weighted by Crippen LogP contribution is 2.43. The fraction of sp³-hybridized carbons (Fsp3) is 0.192. The predicted molar refractivity (Wildman–Crippen MR) is 128 cm³/mol. The minimum atomic E-state index is -1.38. The van der Waals surface area contributed by atoms with Crippen LogP contribution in [0.15, 0.2) is 51.7 Å². The molecule has 0 spiro atoms. The molecule has 0 radical (unpaired) electrons. The first-order valence-electron chi connectivity index (χ1n) is 11.2. The van der Waals surface area contributed by atoms with E-state index in [0.29, 0.717) is 19.5 Å². The molecule has 5 N–H and O–H groups in total. The number of hydrogen-bond donors (Lipinski definition) is 4. The van der Waals surface area contributed by atoms with E-state index in [1.54, 1.807) is 0 Å². The van der Waals surface area contributed by atoms with Gasteiger partial charge in [-0.15, -0.1) is 0 Å². The van der Waals surface area contributed by atoms with Crippen molar-refractivity contribution < 1.29 is 33.0 Å². The lowest BCUT2D eigenvalue weighted by molar-refractivity contribution is 0.0697. The molecule has 4 rings (SSSR count). The minimum Gasteiger partial charge on any atom is -0.505 e. The topological polar surface area (TPSA) is 143 Å². The third kappa shape index (κ3) is 4.76. The molecule has 1 aliphatic carbocycles. The molecule has 0 unspecified atom stereocenters. The number of rotatable bonds is 8. The van der Waals surface area contributed by atoms with Crippen molar-refractivity contribution in [1.82, 2.24) is 5.32 Å². The molecule has 1 heterocycles. The van der Waals surface area contributed by atoms with E-state index in [4.69, 9.17) is 10.2 Å². The number of carboxylic acid groups (broad SMARTS) is 1. The highest BCUT2D eigenvalue weighted by molar-refractivity contribution is 6.09. The van der Waals surface area contributed by atoms with Crippen LogP contribution in [0.4, 0.5) is 8.78 Å². The Labute approximate surface area is 203 Å². The zero-order chi connectivity index (χ0) is 26.0. The van der Waals surface area contributed by atoms with Crippen LogP contribution in [0.1, 0.15) is 40.0 Å². The van der Waals surface area contributed by atoms with Crippen molar-refractivity contribution in [3.8, 4) is 28.2 Å². The molecular weight excluding hydrogens is 474 g/mol. The van der Waals surface area contributed by atoms with Gasteiger partial charge in [-0.2, -0.15) is 0 Å². The van der Waals surface area contributed by atoms with Gasteiger partial charge >= 0.3 is 5.97 Å². The number of carboxylic acids is 1. The number of aromatic hydroxyl groups is 1. The lowest BCUT2D eigenvalue weighted by atomic mass is 9.89. The first kappa shape index (κ1) is 24.8. The molecule has 1 aliphatic heterocycles. The summed E-state index contributed by atoms with van der Waals surface area (Å²) in [4.78, 5) is 36.7. The molecule has 0 fully saturated rings. The van der Waals surface area contributed by atoms with Crippen LogP contribution in [0, 0.1) is 11.6 Å². The van der Waals surface area contributed by atoms with Gasteiger partial charge in [0.15, 0.2) is 17.4 Å². The molecule has 0 saturated heterocycles. The largest absolute Gasteiger partial charge is 0.505 e. The zero-order valence-electron chi connectivity index (χ0n) is 18.9. The molecule has 2 aromatic rings. The summed E-state index contributed by atoms with van der Waals surface area (Å²) in [6.45, 7) is 0.940. The molecule has 0 aromatic heterocycles. The number of halogens is 2. The molecular formula is C26H22F2N2O6. The number of benzene rings is 3. The van der Waals surface area contributed by atoms with Gasteiger partial charge in [-0.05, 0) is 49.2 Å². The third-order valence-corrected chi connectivity index (χ3v) is 5.79. The molecule has 36 heavy (non-hydrogen) atoms. The Morgan fingerprint density at radius 1 is 0.972 bits per heavy atom. The van der Waals surface area contributed by atoms with Gasteiger partial charge in [-0.25, -0.2) is 13.6 Å². The molecule has 0 saturated carbocycles. The Balaban J connectivity index is 1.89. The van der Waals surface area contributed by atoms with E-state index in [1.807, 2.05) is 0 Å². The molecule has 2 aliphatic rings. The molecule has 2 aromatic carbocycles. The maximum absolute atomic E-state index is 14.3. The second-order valence-electron chi connectivity index (χ2n) is 8.23. The maximum atomic E-state index is 14.3. The predicted octanol–water partition coefficient (Wildman–Crippen LogP) is 4.11. The normalized spacial score (nSPS) is 11.2. The van der Waals surface area contributed by atoms with Gasteiger partial charge in [0.05, 0.1) is 5.56 Å². The quantitative estimate of drug-likeness (QED) is 0.212. The lowest BCUT2D eigenvalue weighted by Crippen LogP contribution is -2.25. The van der Waals surface area contributed by atoms with Crippen molar-refractivity contribution in [2.45, 2.75) is 19.3 Å². The zero-order valence-corrected chi connectivity index (χ0v) is 18.9. The van der Waals surface area contributed by atoms with Crippen LogP contribution in [0.5, 0.6) is 5.75 Å². The van der Waals surface area contributed by atoms with Crippen LogP contribution >= 0.6 is 0 Å². The maximum Gasteiger partial charge on any atom is 0.336 e. The number of aromatic carboxylic acids is 1. The molecule has 0 atom stereocenters. The third-order valence-electron chi connectivity index (χ3n) is 5.79. The fourth-order valence-electron chi connectivity index (χ4n) is 4.02. The van der Waals surface area contributed by atoms with E-state index in [1.165, 1.54) is 18.2 Å². The summed E-state index contributed by atoms with van der Waals surface area (Å²) >= 11 is 0.